The summed E-state index contributed by atoms with van der Waals surface area (Å²) in [6, 6.07) is 12.1. The maximum atomic E-state index is 11.6. The van der Waals surface area contributed by atoms with Crippen LogP contribution in [0.1, 0.15) is 25.3 Å². The van der Waals surface area contributed by atoms with Gasteiger partial charge in [0, 0.05) is 12.6 Å². The minimum Gasteiger partial charge on any atom is -0.353 e. The van der Waals surface area contributed by atoms with Crippen molar-refractivity contribution in [3.63, 3.8) is 0 Å². The Morgan fingerprint density at radius 2 is 2.00 bits per heavy atom. The number of nitrogens with one attached hydrogen (secondary N) is 1. The smallest absolute Gasteiger partial charge is 0.234 e. The second-order valence-corrected chi connectivity index (χ2v) is 5.01. The maximum absolute atomic E-state index is 11.6. The monoisotopic (exact) mass is 259 g/mol. The van der Waals surface area contributed by atoms with Crippen molar-refractivity contribution >= 4 is 5.91 Å². The number of hydrogen-bond acceptors (Lipinski definition) is 3. The molecule has 1 N–H and O–H groups in total. The van der Waals surface area contributed by atoms with Crippen LogP contribution in [-0.4, -0.2) is 37.0 Å². The molecule has 0 heterocycles. The number of nitrogens with zero attached hydrogens (tertiary/aromatic N) is 2. The summed E-state index contributed by atoms with van der Waals surface area (Å²) in [5, 5.41) is 12.1. The standard InChI is InChI=1S/C15H21N3O/c1-12(2)17-15(19)11-18(3)10-14(9-16)13-7-5-4-6-8-13/h4-8,12,14H,10-11H2,1-3H3,(H,17,19). The summed E-state index contributed by atoms with van der Waals surface area (Å²) in [6.45, 7) is 4.72. The van der Waals surface area contributed by atoms with E-state index < -0.39 is 0 Å². The molecule has 0 saturated heterocycles. The first-order valence-electron chi connectivity index (χ1n) is 6.45. The van der Waals surface area contributed by atoms with E-state index in [-0.39, 0.29) is 17.9 Å². The predicted octanol–water partition coefficient (Wildman–Crippen LogP) is 1.75. The first kappa shape index (κ1) is 15.2. The van der Waals surface area contributed by atoms with Gasteiger partial charge in [-0.1, -0.05) is 30.3 Å². The molecule has 0 saturated carbocycles. The summed E-state index contributed by atoms with van der Waals surface area (Å²) in [4.78, 5) is 13.5. The number of hydrogen-bond donors (Lipinski definition) is 1. The molecular weight excluding hydrogens is 238 g/mol. The lowest BCUT2D eigenvalue weighted by Gasteiger charge is -2.20. The maximum Gasteiger partial charge on any atom is 0.234 e. The lowest BCUT2D eigenvalue weighted by molar-refractivity contribution is -0.122. The third-order valence-electron chi connectivity index (χ3n) is 2.72. The first-order valence-corrected chi connectivity index (χ1v) is 6.45. The highest BCUT2D eigenvalue weighted by Crippen LogP contribution is 2.15. The molecule has 4 heteroatoms. The zero-order valence-electron chi connectivity index (χ0n) is 11.8. The van der Waals surface area contributed by atoms with E-state index in [1.54, 1.807) is 0 Å². The molecule has 0 radical (unpaired) electrons. The highest BCUT2D eigenvalue weighted by Gasteiger charge is 2.15. The predicted molar refractivity (Wildman–Crippen MR) is 75.6 cm³/mol. The SMILES string of the molecule is CC(C)NC(=O)CN(C)CC(C#N)c1ccccc1. The van der Waals surface area contributed by atoms with Gasteiger partial charge < -0.3 is 5.32 Å². The van der Waals surface area contributed by atoms with Gasteiger partial charge in [-0.25, -0.2) is 0 Å². The van der Waals surface area contributed by atoms with Gasteiger partial charge in [0.15, 0.2) is 0 Å². The lowest BCUT2D eigenvalue weighted by Crippen LogP contribution is -2.39. The Morgan fingerprint density at radius 1 is 1.37 bits per heavy atom. The van der Waals surface area contributed by atoms with Gasteiger partial charge in [0.2, 0.25) is 5.91 Å². The first-order chi connectivity index (χ1) is 9.02. The summed E-state index contributed by atoms with van der Waals surface area (Å²) in [5.74, 6) is -0.222. The van der Waals surface area contributed by atoms with Crippen LogP contribution in [0.25, 0.3) is 0 Å². The Hall–Kier alpha value is -1.86. The van der Waals surface area contributed by atoms with E-state index >= 15 is 0 Å². The molecule has 4 nitrogen and oxygen atoms in total. The van der Waals surface area contributed by atoms with Crippen LogP contribution < -0.4 is 5.32 Å². The van der Waals surface area contributed by atoms with Crippen LogP contribution in [-0.2, 0) is 4.79 Å². The van der Waals surface area contributed by atoms with Gasteiger partial charge in [0.1, 0.15) is 0 Å². The van der Waals surface area contributed by atoms with Crippen molar-refractivity contribution in [1.82, 2.24) is 10.2 Å². The number of amides is 1. The van der Waals surface area contributed by atoms with Gasteiger partial charge in [-0.15, -0.1) is 0 Å². The molecule has 1 rings (SSSR count). The van der Waals surface area contributed by atoms with Crippen molar-refractivity contribution in [2.75, 3.05) is 20.1 Å². The Bertz CT molecular complexity index is 436. The molecule has 0 fully saturated rings. The summed E-state index contributed by atoms with van der Waals surface area (Å²) < 4.78 is 0. The Morgan fingerprint density at radius 3 is 2.53 bits per heavy atom. The van der Waals surface area contributed by atoms with E-state index in [0.717, 1.165) is 5.56 Å². The van der Waals surface area contributed by atoms with Crippen LogP contribution in [0, 0.1) is 11.3 Å². The highest BCUT2D eigenvalue weighted by molar-refractivity contribution is 5.78. The summed E-state index contributed by atoms with van der Waals surface area (Å²) in [7, 11) is 1.85. The Labute approximate surface area is 115 Å². The largest absolute Gasteiger partial charge is 0.353 e. The fourth-order valence-electron chi connectivity index (χ4n) is 1.90. The number of likely N-dealkylation sites (N-methyl/N-ethyl adjacent to an activating group) is 1. The molecule has 102 valence electrons. The number of carbonyl (C=O) groups excluding carboxylic acids is 1. The van der Waals surface area contributed by atoms with Gasteiger partial charge in [-0.3, -0.25) is 9.69 Å². The van der Waals surface area contributed by atoms with Crippen LogP contribution in [0.5, 0.6) is 0 Å². The Kier molecular flexibility index (Phi) is 6.04. The second kappa shape index (κ2) is 7.55. The Balaban J connectivity index is 2.53. The molecule has 0 aliphatic carbocycles. The number of rotatable bonds is 6. The lowest BCUT2D eigenvalue weighted by atomic mass is 10.0. The van der Waals surface area contributed by atoms with Crippen molar-refractivity contribution in [1.29, 1.82) is 5.26 Å². The van der Waals surface area contributed by atoms with Gasteiger partial charge in [-0.2, -0.15) is 5.26 Å². The highest BCUT2D eigenvalue weighted by atomic mass is 16.2. The topological polar surface area (TPSA) is 56.1 Å². The summed E-state index contributed by atoms with van der Waals surface area (Å²) in [5.41, 5.74) is 0.987. The molecule has 1 aromatic carbocycles. The van der Waals surface area contributed by atoms with Gasteiger partial charge in [0.05, 0.1) is 18.5 Å². The molecular formula is C15H21N3O. The van der Waals surface area contributed by atoms with Crippen LogP contribution in [0.4, 0.5) is 0 Å². The zero-order valence-corrected chi connectivity index (χ0v) is 11.8. The van der Waals surface area contributed by atoms with E-state index in [2.05, 4.69) is 11.4 Å². The number of carbonyl (C=O) groups is 1. The number of benzene rings is 1. The third kappa shape index (κ3) is 5.54. The van der Waals surface area contributed by atoms with Crippen molar-refractivity contribution in [3.8, 4) is 6.07 Å². The van der Waals surface area contributed by atoms with E-state index in [1.807, 2.05) is 56.1 Å². The van der Waals surface area contributed by atoms with Gasteiger partial charge in [0.25, 0.3) is 0 Å². The average molecular weight is 259 g/mol. The molecule has 0 spiro atoms. The van der Waals surface area contributed by atoms with Gasteiger partial charge >= 0.3 is 0 Å². The molecule has 1 unspecified atom stereocenters. The number of nitriles is 1. The molecule has 1 amide bonds. The zero-order chi connectivity index (χ0) is 14.3. The quantitative estimate of drug-likeness (QED) is 0.846. The molecule has 1 atom stereocenters. The molecule has 0 aromatic heterocycles. The molecule has 1 aromatic rings. The van der Waals surface area contributed by atoms with Crippen LogP contribution in [0.2, 0.25) is 0 Å². The van der Waals surface area contributed by atoms with Crippen LogP contribution in [0.15, 0.2) is 30.3 Å². The fraction of sp³-hybridized carbons (Fsp3) is 0.467. The summed E-state index contributed by atoms with van der Waals surface area (Å²) in [6.07, 6.45) is 0. The second-order valence-electron chi connectivity index (χ2n) is 5.01. The third-order valence-corrected chi connectivity index (χ3v) is 2.72. The molecule has 19 heavy (non-hydrogen) atoms. The minimum atomic E-state index is -0.210. The van der Waals surface area contributed by atoms with Crippen LogP contribution >= 0.6 is 0 Å². The normalized spacial score (nSPS) is 12.2. The van der Waals surface area contributed by atoms with Crippen molar-refractivity contribution in [3.05, 3.63) is 35.9 Å². The van der Waals surface area contributed by atoms with E-state index in [9.17, 15) is 10.1 Å². The van der Waals surface area contributed by atoms with E-state index in [4.69, 9.17) is 0 Å². The van der Waals surface area contributed by atoms with Crippen molar-refractivity contribution in [2.45, 2.75) is 25.8 Å². The molecule has 0 bridgehead atoms. The molecule has 0 aliphatic rings. The van der Waals surface area contributed by atoms with E-state index in [1.165, 1.54) is 0 Å². The molecule has 0 aliphatic heterocycles. The average Bonchev–Trinajstić information content (AvgIpc) is 2.35. The fourth-order valence-corrected chi connectivity index (χ4v) is 1.90. The summed E-state index contributed by atoms with van der Waals surface area (Å²) >= 11 is 0. The van der Waals surface area contributed by atoms with Gasteiger partial charge in [-0.05, 0) is 26.5 Å². The minimum absolute atomic E-state index is 0.0118. The van der Waals surface area contributed by atoms with Crippen molar-refractivity contribution in [2.24, 2.45) is 0 Å². The van der Waals surface area contributed by atoms with Crippen molar-refractivity contribution < 1.29 is 4.79 Å². The van der Waals surface area contributed by atoms with E-state index in [0.29, 0.717) is 13.1 Å². The van der Waals surface area contributed by atoms with Crippen LogP contribution in [0.3, 0.4) is 0 Å².